The van der Waals surface area contributed by atoms with E-state index in [1.807, 2.05) is 0 Å². The quantitative estimate of drug-likeness (QED) is 0.757. The van der Waals surface area contributed by atoms with Gasteiger partial charge in [0, 0.05) is 5.56 Å². The highest BCUT2D eigenvalue weighted by atomic mass is 16.4. The second kappa shape index (κ2) is 5.53. The zero-order chi connectivity index (χ0) is 13.9. The summed E-state index contributed by atoms with van der Waals surface area (Å²) >= 11 is 0. The number of aromatic hydroxyl groups is 1. The van der Waals surface area contributed by atoms with Crippen molar-refractivity contribution in [2.24, 2.45) is 5.92 Å². The third-order valence-corrected chi connectivity index (χ3v) is 2.68. The zero-order valence-electron chi connectivity index (χ0n) is 10.6. The lowest BCUT2D eigenvalue weighted by Crippen LogP contribution is -2.44. The van der Waals surface area contributed by atoms with E-state index >= 15 is 0 Å². The number of carboxylic acids is 1. The number of nitrogens with one attached hydrogen (secondary N) is 1. The molecule has 0 aliphatic carbocycles. The molecule has 1 aromatic rings. The first-order valence-electron chi connectivity index (χ1n) is 5.66. The summed E-state index contributed by atoms with van der Waals surface area (Å²) in [4.78, 5) is 22.8. The molecule has 0 saturated carbocycles. The molecule has 1 atom stereocenters. The SMILES string of the molecule is Cc1cc(C(=O)NC(C(=O)O)C(C)C)ccc1O. The highest BCUT2D eigenvalue weighted by molar-refractivity contribution is 5.96. The summed E-state index contributed by atoms with van der Waals surface area (Å²) in [7, 11) is 0. The van der Waals surface area contributed by atoms with Crippen molar-refractivity contribution in [1.29, 1.82) is 0 Å². The fourth-order valence-electron chi connectivity index (χ4n) is 1.53. The molecule has 1 rings (SSSR count). The van der Waals surface area contributed by atoms with Crippen LogP contribution in [0.15, 0.2) is 18.2 Å². The molecule has 98 valence electrons. The minimum atomic E-state index is -1.06. The van der Waals surface area contributed by atoms with E-state index < -0.39 is 17.9 Å². The topological polar surface area (TPSA) is 86.6 Å². The largest absolute Gasteiger partial charge is 0.508 e. The minimum absolute atomic E-state index is 0.102. The van der Waals surface area contributed by atoms with Gasteiger partial charge in [-0.25, -0.2) is 4.79 Å². The highest BCUT2D eigenvalue weighted by Gasteiger charge is 2.23. The number of aliphatic carboxylic acids is 1. The van der Waals surface area contributed by atoms with Crippen molar-refractivity contribution in [2.45, 2.75) is 26.8 Å². The van der Waals surface area contributed by atoms with Gasteiger partial charge in [-0.2, -0.15) is 0 Å². The van der Waals surface area contributed by atoms with Crippen molar-refractivity contribution in [3.05, 3.63) is 29.3 Å². The number of carbonyl (C=O) groups excluding carboxylic acids is 1. The van der Waals surface area contributed by atoms with Gasteiger partial charge in [0.2, 0.25) is 0 Å². The molecule has 0 aliphatic rings. The van der Waals surface area contributed by atoms with E-state index in [1.165, 1.54) is 18.2 Å². The number of hydrogen-bond donors (Lipinski definition) is 3. The first-order valence-corrected chi connectivity index (χ1v) is 5.66. The van der Waals surface area contributed by atoms with E-state index in [-0.39, 0.29) is 11.7 Å². The summed E-state index contributed by atoms with van der Waals surface area (Å²) in [5.41, 5.74) is 0.899. The Balaban J connectivity index is 2.87. The number of hydrogen-bond acceptors (Lipinski definition) is 3. The monoisotopic (exact) mass is 251 g/mol. The molecule has 1 unspecified atom stereocenters. The van der Waals surface area contributed by atoms with Crippen LogP contribution in [0, 0.1) is 12.8 Å². The molecule has 1 aromatic carbocycles. The van der Waals surface area contributed by atoms with Gasteiger partial charge in [0.05, 0.1) is 0 Å². The highest BCUT2D eigenvalue weighted by Crippen LogP contribution is 2.17. The molecular weight excluding hydrogens is 234 g/mol. The molecule has 0 spiro atoms. The molecule has 0 heterocycles. The number of amides is 1. The molecule has 0 bridgehead atoms. The predicted molar refractivity (Wildman–Crippen MR) is 66.6 cm³/mol. The number of benzene rings is 1. The summed E-state index contributed by atoms with van der Waals surface area (Å²) in [6, 6.07) is 3.46. The van der Waals surface area contributed by atoms with Gasteiger partial charge in [-0.15, -0.1) is 0 Å². The third kappa shape index (κ3) is 3.23. The van der Waals surface area contributed by atoms with Crippen LogP contribution in [0.4, 0.5) is 0 Å². The molecule has 0 aromatic heterocycles. The lowest BCUT2D eigenvalue weighted by Gasteiger charge is -2.18. The normalized spacial score (nSPS) is 12.2. The Kier molecular flexibility index (Phi) is 4.31. The zero-order valence-corrected chi connectivity index (χ0v) is 10.6. The lowest BCUT2D eigenvalue weighted by atomic mass is 10.0. The molecule has 0 aliphatic heterocycles. The standard InChI is InChI=1S/C13H17NO4/c1-7(2)11(13(17)18)14-12(16)9-4-5-10(15)8(3)6-9/h4-7,11,15H,1-3H3,(H,14,16)(H,17,18). The Morgan fingerprint density at radius 1 is 1.28 bits per heavy atom. The maximum absolute atomic E-state index is 11.9. The molecule has 5 heteroatoms. The number of aryl methyl sites for hydroxylation is 1. The Bertz CT molecular complexity index is 468. The van der Waals surface area contributed by atoms with Crippen LogP contribution < -0.4 is 5.32 Å². The second-order valence-corrected chi connectivity index (χ2v) is 4.53. The van der Waals surface area contributed by atoms with Crippen molar-refractivity contribution in [1.82, 2.24) is 5.32 Å². The van der Waals surface area contributed by atoms with E-state index in [2.05, 4.69) is 5.32 Å². The maximum atomic E-state index is 11.9. The summed E-state index contributed by atoms with van der Waals surface area (Å²) in [5, 5.41) is 20.8. The molecule has 1 amide bonds. The van der Waals surface area contributed by atoms with E-state index in [4.69, 9.17) is 5.11 Å². The van der Waals surface area contributed by atoms with Crippen LogP contribution >= 0.6 is 0 Å². The van der Waals surface area contributed by atoms with Crippen LogP contribution in [-0.4, -0.2) is 28.1 Å². The predicted octanol–water partition coefficient (Wildman–Crippen LogP) is 1.54. The number of carbonyl (C=O) groups is 2. The van der Waals surface area contributed by atoms with Crippen LogP contribution in [-0.2, 0) is 4.79 Å². The van der Waals surface area contributed by atoms with Crippen LogP contribution in [0.1, 0.15) is 29.8 Å². The van der Waals surface area contributed by atoms with Crippen molar-refractivity contribution < 1.29 is 19.8 Å². The van der Waals surface area contributed by atoms with Crippen LogP contribution in [0.3, 0.4) is 0 Å². The average molecular weight is 251 g/mol. The third-order valence-electron chi connectivity index (χ3n) is 2.68. The molecular formula is C13H17NO4. The van der Waals surface area contributed by atoms with Gasteiger partial charge in [0.25, 0.3) is 5.91 Å². The van der Waals surface area contributed by atoms with Gasteiger partial charge in [0.1, 0.15) is 11.8 Å². The Morgan fingerprint density at radius 3 is 2.33 bits per heavy atom. The minimum Gasteiger partial charge on any atom is -0.508 e. The Hall–Kier alpha value is -2.04. The van der Waals surface area contributed by atoms with E-state index in [9.17, 15) is 14.7 Å². The first-order chi connectivity index (χ1) is 8.32. The van der Waals surface area contributed by atoms with Crippen molar-refractivity contribution in [3.8, 4) is 5.75 Å². The van der Waals surface area contributed by atoms with Crippen LogP contribution in [0.2, 0.25) is 0 Å². The molecule has 0 radical (unpaired) electrons. The van der Waals surface area contributed by atoms with Gasteiger partial charge in [-0.3, -0.25) is 4.79 Å². The van der Waals surface area contributed by atoms with Crippen LogP contribution in [0.25, 0.3) is 0 Å². The summed E-state index contributed by atoms with van der Waals surface area (Å²) in [6.45, 7) is 5.12. The van der Waals surface area contributed by atoms with Crippen molar-refractivity contribution in [2.75, 3.05) is 0 Å². The summed E-state index contributed by atoms with van der Waals surface area (Å²) in [6.07, 6.45) is 0. The molecule has 3 N–H and O–H groups in total. The molecule has 5 nitrogen and oxygen atoms in total. The number of phenols is 1. The van der Waals surface area contributed by atoms with Gasteiger partial charge >= 0.3 is 5.97 Å². The Labute approximate surface area is 105 Å². The fraction of sp³-hybridized carbons (Fsp3) is 0.385. The number of rotatable bonds is 4. The van der Waals surface area contributed by atoms with Gasteiger partial charge in [0.15, 0.2) is 0 Å². The molecule has 0 saturated heterocycles. The Morgan fingerprint density at radius 2 is 1.89 bits per heavy atom. The van der Waals surface area contributed by atoms with Gasteiger partial charge < -0.3 is 15.5 Å². The second-order valence-electron chi connectivity index (χ2n) is 4.53. The molecule has 18 heavy (non-hydrogen) atoms. The van der Waals surface area contributed by atoms with E-state index in [0.717, 1.165) is 0 Å². The van der Waals surface area contributed by atoms with Gasteiger partial charge in [-0.05, 0) is 36.6 Å². The van der Waals surface area contributed by atoms with Crippen molar-refractivity contribution >= 4 is 11.9 Å². The first kappa shape index (κ1) is 14.0. The maximum Gasteiger partial charge on any atom is 0.326 e. The number of carboxylic acid groups (broad SMARTS) is 1. The average Bonchev–Trinajstić information content (AvgIpc) is 2.28. The van der Waals surface area contributed by atoms with E-state index in [1.54, 1.807) is 20.8 Å². The lowest BCUT2D eigenvalue weighted by molar-refractivity contribution is -0.140. The van der Waals surface area contributed by atoms with E-state index in [0.29, 0.717) is 11.1 Å². The molecule has 0 fully saturated rings. The van der Waals surface area contributed by atoms with Crippen molar-refractivity contribution in [3.63, 3.8) is 0 Å². The fourth-order valence-corrected chi connectivity index (χ4v) is 1.53. The van der Waals surface area contributed by atoms with Crippen LogP contribution in [0.5, 0.6) is 5.75 Å². The summed E-state index contributed by atoms with van der Waals surface area (Å²) in [5.74, 6) is -1.62. The summed E-state index contributed by atoms with van der Waals surface area (Å²) < 4.78 is 0. The smallest absolute Gasteiger partial charge is 0.326 e. The van der Waals surface area contributed by atoms with Gasteiger partial charge in [-0.1, -0.05) is 13.8 Å². The number of phenolic OH excluding ortho intramolecular Hbond substituents is 1.